The molecule has 0 spiro atoms. The molecule has 2 atom stereocenters. The Morgan fingerprint density at radius 2 is 1.84 bits per heavy atom. The molecule has 1 aromatic carbocycles. The predicted octanol–water partition coefficient (Wildman–Crippen LogP) is 4.10. The summed E-state index contributed by atoms with van der Waals surface area (Å²) in [5, 5.41) is -0.0627. The third kappa shape index (κ3) is 5.27. The molecule has 43 heavy (non-hydrogen) atoms. The van der Waals surface area contributed by atoms with Crippen LogP contribution in [0.5, 0.6) is 0 Å². The third-order valence-corrected chi connectivity index (χ3v) is 8.85. The first-order valence-electron chi connectivity index (χ1n) is 13.2. The summed E-state index contributed by atoms with van der Waals surface area (Å²) in [6, 6.07) is 5.43. The summed E-state index contributed by atoms with van der Waals surface area (Å²) in [6.45, 7) is 9.19. The molecule has 1 fully saturated rings. The second-order valence-corrected chi connectivity index (χ2v) is 12.8. The number of hydrogen-bond donors (Lipinski definition) is 0. The molecule has 3 aromatic heterocycles. The lowest BCUT2D eigenvalue weighted by atomic mass is 10.1. The van der Waals surface area contributed by atoms with Gasteiger partial charge in [-0.3, -0.25) is 9.78 Å². The standard InChI is InChI=1S/C29H27ClF2N6O4S/c1-6-23(39)36-13-16(3)37(14-15(36)2)27-18-12-21(32)25(24-19(30)8-7-9-20(24)31)34-28(18)38(29(40)35-27)26-17(4)33-11-10-22(26)43(5,41)42/h6-12,15-16H,1,13-14H2,2-5H3/t15-,16+/m1/s1. The number of sulfone groups is 1. The van der Waals surface area contributed by atoms with Crippen LogP contribution in [0, 0.1) is 18.6 Å². The average molecular weight is 629 g/mol. The number of pyridine rings is 2. The zero-order valence-corrected chi connectivity index (χ0v) is 25.2. The van der Waals surface area contributed by atoms with E-state index in [9.17, 15) is 22.4 Å². The van der Waals surface area contributed by atoms with Gasteiger partial charge >= 0.3 is 5.69 Å². The Kier molecular flexibility index (Phi) is 7.82. The lowest BCUT2D eigenvalue weighted by Gasteiger charge is -2.44. The Balaban J connectivity index is 1.87. The normalized spacial score (nSPS) is 17.4. The van der Waals surface area contributed by atoms with E-state index in [4.69, 9.17) is 11.6 Å². The summed E-state index contributed by atoms with van der Waals surface area (Å²) in [7, 11) is -3.90. The molecule has 0 N–H and O–H groups in total. The number of fused-ring (bicyclic) bond motifs is 1. The summed E-state index contributed by atoms with van der Waals surface area (Å²) in [5.74, 6) is -1.98. The molecule has 224 valence electrons. The van der Waals surface area contributed by atoms with Gasteiger partial charge in [0.15, 0.2) is 21.3 Å². The fourth-order valence-electron chi connectivity index (χ4n) is 5.38. The predicted molar refractivity (Wildman–Crippen MR) is 159 cm³/mol. The van der Waals surface area contributed by atoms with Crippen molar-refractivity contribution in [3.05, 3.63) is 82.0 Å². The van der Waals surface area contributed by atoms with Crippen LogP contribution in [0.3, 0.4) is 0 Å². The highest BCUT2D eigenvalue weighted by molar-refractivity contribution is 7.90. The van der Waals surface area contributed by atoms with Crippen LogP contribution in [0.4, 0.5) is 14.6 Å². The molecule has 0 saturated carbocycles. The Morgan fingerprint density at radius 1 is 1.12 bits per heavy atom. The summed E-state index contributed by atoms with van der Waals surface area (Å²) >= 11 is 6.26. The van der Waals surface area contributed by atoms with Crippen LogP contribution in [0.1, 0.15) is 19.5 Å². The van der Waals surface area contributed by atoms with E-state index in [1.54, 1.807) is 9.80 Å². The number of hydrogen-bond acceptors (Lipinski definition) is 8. The van der Waals surface area contributed by atoms with Crippen LogP contribution in [0.25, 0.3) is 28.0 Å². The molecule has 5 rings (SSSR count). The van der Waals surface area contributed by atoms with Gasteiger partial charge in [0.2, 0.25) is 5.91 Å². The van der Waals surface area contributed by atoms with E-state index in [-0.39, 0.29) is 74.8 Å². The van der Waals surface area contributed by atoms with E-state index in [2.05, 4.69) is 21.5 Å². The average Bonchev–Trinajstić information content (AvgIpc) is 2.93. The van der Waals surface area contributed by atoms with Crippen molar-refractivity contribution in [3.63, 3.8) is 0 Å². The van der Waals surface area contributed by atoms with Crippen molar-refractivity contribution in [2.24, 2.45) is 0 Å². The smallest absolute Gasteiger partial charge is 0.349 e. The summed E-state index contributed by atoms with van der Waals surface area (Å²) < 4.78 is 57.4. The zero-order valence-electron chi connectivity index (χ0n) is 23.7. The van der Waals surface area contributed by atoms with Crippen LogP contribution in [0.15, 0.2) is 58.9 Å². The lowest BCUT2D eigenvalue weighted by Crippen LogP contribution is -2.58. The van der Waals surface area contributed by atoms with Crippen molar-refractivity contribution in [3.8, 4) is 16.9 Å². The highest BCUT2D eigenvalue weighted by Crippen LogP contribution is 2.36. The molecule has 14 heteroatoms. The number of amides is 1. The van der Waals surface area contributed by atoms with Crippen LogP contribution < -0.4 is 10.6 Å². The van der Waals surface area contributed by atoms with Crippen molar-refractivity contribution in [2.75, 3.05) is 24.2 Å². The number of nitrogens with zero attached hydrogens (tertiary/aromatic N) is 6. The van der Waals surface area contributed by atoms with Crippen molar-refractivity contribution in [1.82, 2.24) is 24.4 Å². The molecule has 4 aromatic rings. The first kappa shape index (κ1) is 30.2. The molecule has 0 unspecified atom stereocenters. The monoisotopic (exact) mass is 628 g/mol. The molecule has 1 amide bonds. The van der Waals surface area contributed by atoms with Gasteiger partial charge in [-0.05, 0) is 51.1 Å². The largest absolute Gasteiger partial charge is 0.355 e. The third-order valence-electron chi connectivity index (χ3n) is 7.41. The Morgan fingerprint density at radius 3 is 2.49 bits per heavy atom. The van der Waals surface area contributed by atoms with Gasteiger partial charge in [0, 0.05) is 37.6 Å². The maximum atomic E-state index is 15.9. The van der Waals surface area contributed by atoms with Crippen molar-refractivity contribution in [2.45, 2.75) is 37.8 Å². The van der Waals surface area contributed by atoms with E-state index in [1.807, 2.05) is 13.8 Å². The van der Waals surface area contributed by atoms with Crippen molar-refractivity contribution < 1.29 is 22.0 Å². The number of aryl methyl sites for hydroxylation is 1. The SMILES string of the molecule is C=CC(=O)N1C[C@H](C)N(c2nc(=O)n(-c3c(S(C)(=O)=O)ccnc3C)c3nc(-c4c(F)cccc4Cl)c(F)cc23)C[C@H]1C. The number of carbonyl (C=O) groups excluding carboxylic acids is 1. The molecule has 0 aliphatic carbocycles. The highest BCUT2D eigenvalue weighted by Gasteiger charge is 2.34. The number of aromatic nitrogens is 4. The summed E-state index contributed by atoms with van der Waals surface area (Å²) in [4.78, 5) is 42.4. The van der Waals surface area contributed by atoms with E-state index >= 15 is 4.39 Å². The second-order valence-electron chi connectivity index (χ2n) is 10.4. The molecule has 0 bridgehead atoms. The quantitative estimate of drug-likeness (QED) is 0.303. The van der Waals surface area contributed by atoms with E-state index in [0.29, 0.717) is 0 Å². The number of carbonyl (C=O) groups is 1. The van der Waals surface area contributed by atoms with Gasteiger partial charge < -0.3 is 9.80 Å². The summed E-state index contributed by atoms with van der Waals surface area (Å²) in [5.41, 5.74) is -1.87. The molecular formula is C29H27ClF2N6O4S. The Bertz CT molecular complexity index is 1960. The van der Waals surface area contributed by atoms with Crippen molar-refractivity contribution >= 4 is 44.2 Å². The summed E-state index contributed by atoms with van der Waals surface area (Å²) in [6.07, 6.45) is 3.48. The van der Waals surface area contributed by atoms with Crippen LogP contribution in [0.2, 0.25) is 5.02 Å². The van der Waals surface area contributed by atoms with Crippen LogP contribution in [-0.4, -0.2) is 70.2 Å². The molecule has 4 heterocycles. The number of rotatable bonds is 5. The number of benzene rings is 1. The minimum absolute atomic E-state index is 0.0542. The highest BCUT2D eigenvalue weighted by atomic mass is 35.5. The van der Waals surface area contributed by atoms with Gasteiger partial charge in [0.25, 0.3) is 0 Å². The number of anilines is 1. The Hall–Kier alpha value is -4.23. The molecule has 1 aliphatic rings. The van der Waals surface area contributed by atoms with Gasteiger partial charge in [-0.15, -0.1) is 0 Å². The van der Waals surface area contributed by atoms with E-state index in [1.165, 1.54) is 37.4 Å². The van der Waals surface area contributed by atoms with E-state index in [0.717, 1.165) is 23.0 Å². The van der Waals surface area contributed by atoms with Gasteiger partial charge in [0.05, 0.1) is 32.2 Å². The fraction of sp³-hybridized carbons (Fsp3) is 0.276. The second kappa shape index (κ2) is 11.1. The molecule has 1 aliphatic heterocycles. The number of halogens is 3. The minimum atomic E-state index is -3.90. The lowest BCUT2D eigenvalue weighted by molar-refractivity contribution is -0.128. The zero-order chi connectivity index (χ0) is 31.4. The first-order chi connectivity index (χ1) is 20.2. The van der Waals surface area contributed by atoms with E-state index < -0.39 is 32.9 Å². The Labute approximate surface area is 251 Å². The van der Waals surface area contributed by atoms with Crippen molar-refractivity contribution in [1.29, 1.82) is 0 Å². The van der Waals surface area contributed by atoms with Gasteiger partial charge in [-0.25, -0.2) is 31.5 Å². The molecule has 10 nitrogen and oxygen atoms in total. The molecule has 0 radical (unpaired) electrons. The van der Waals surface area contributed by atoms with Gasteiger partial charge in [-0.1, -0.05) is 24.2 Å². The first-order valence-corrected chi connectivity index (χ1v) is 15.4. The number of piperazine rings is 1. The minimum Gasteiger partial charge on any atom is -0.349 e. The maximum Gasteiger partial charge on any atom is 0.355 e. The van der Waals surface area contributed by atoms with Gasteiger partial charge in [0.1, 0.15) is 17.3 Å². The topological polar surface area (TPSA) is 118 Å². The molecular weight excluding hydrogens is 602 g/mol. The van der Waals surface area contributed by atoms with Crippen LogP contribution in [-0.2, 0) is 14.6 Å². The fourth-order valence-corrected chi connectivity index (χ4v) is 6.53. The van der Waals surface area contributed by atoms with Gasteiger partial charge in [-0.2, -0.15) is 4.98 Å². The molecule has 1 saturated heterocycles. The maximum absolute atomic E-state index is 15.9. The van der Waals surface area contributed by atoms with Crippen LogP contribution >= 0.6 is 11.6 Å².